The number of rotatable bonds is 3. The van der Waals surface area contributed by atoms with Crippen LogP contribution < -0.4 is 5.32 Å². The fourth-order valence-corrected chi connectivity index (χ4v) is 1.14. The van der Waals surface area contributed by atoms with Crippen molar-refractivity contribution < 1.29 is 4.42 Å². The molecule has 3 heteroatoms. The number of oxazole rings is 1. The molecule has 0 atom stereocenters. The first-order valence-corrected chi connectivity index (χ1v) is 4.59. The minimum atomic E-state index is 0.238. The first-order valence-electron chi connectivity index (χ1n) is 4.59. The summed E-state index contributed by atoms with van der Waals surface area (Å²) in [5.41, 5.74) is 0.238. The number of hydrogen-bond acceptors (Lipinski definition) is 3. The van der Waals surface area contributed by atoms with Gasteiger partial charge in [-0.25, -0.2) is 4.98 Å². The minimum absolute atomic E-state index is 0.238. The molecule has 0 aliphatic heterocycles. The summed E-state index contributed by atoms with van der Waals surface area (Å²) in [7, 11) is 1.89. The highest BCUT2D eigenvalue weighted by molar-refractivity contribution is 4.95. The molecule has 3 nitrogen and oxygen atoms in total. The predicted octanol–water partition coefficient (Wildman–Crippen LogP) is 1.98. The zero-order chi connectivity index (χ0) is 9.90. The van der Waals surface area contributed by atoms with Crippen molar-refractivity contribution in [3.63, 3.8) is 0 Å². The maximum Gasteiger partial charge on any atom is 0.194 e. The molecule has 1 N–H and O–H groups in total. The first kappa shape index (κ1) is 10.3. The summed E-state index contributed by atoms with van der Waals surface area (Å²) in [6.45, 7) is 7.27. The summed E-state index contributed by atoms with van der Waals surface area (Å²) in [6, 6.07) is 0. The smallest absolute Gasteiger partial charge is 0.194 e. The van der Waals surface area contributed by atoms with Crippen molar-refractivity contribution in [3.8, 4) is 0 Å². The van der Waals surface area contributed by atoms with E-state index in [2.05, 4.69) is 31.1 Å². The van der Waals surface area contributed by atoms with E-state index in [-0.39, 0.29) is 5.41 Å². The highest BCUT2D eigenvalue weighted by atomic mass is 16.4. The van der Waals surface area contributed by atoms with Gasteiger partial charge in [0.1, 0.15) is 5.76 Å². The van der Waals surface area contributed by atoms with Crippen LogP contribution >= 0.6 is 0 Å². The molecule has 1 aromatic heterocycles. The molecular weight excluding hydrogens is 164 g/mol. The van der Waals surface area contributed by atoms with Crippen LogP contribution in [0.15, 0.2) is 10.6 Å². The Morgan fingerprint density at radius 3 is 2.69 bits per heavy atom. The van der Waals surface area contributed by atoms with Crippen LogP contribution in [0.2, 0.25) is 0 Å². The summed E-state index contributed by atoms with van der Waals surface area (Å²) in [6.07, 6.45) is 2.67. The Morgan fingerprint density at radius 2 is 2.15 bits per heavy atom. The van der Waals surface area contributed by atoms with Crippen LogP contribution in [-0.2, 0) is 13.0 Å². The number of hydrogen-bond donors (Lipinski definition) is 1. The zero-order valence-electron chi connectivity index (χ0n) is 8.85. The molecule has 0 saturated heterocycles. The number of aromatic nitrogens is 1. The third-order valence-electron chi connectivity index (χ3n) is 1.63. The molecule has 74 valence electrons. The fourth-order valence-electron chi connectivity index (χ4n) is 1.14. The Hall–Kier alpha value is -0.830. The Kier molecular flexibility index (Phi) is 3.09. The van der Waals surface area contributed by atoms with Crippen molar-refractivity contribution in [3.05, 3.63) is 17.8 Å². The van der Waals surface area contributed by atoms with E-state index in [0.29, 0.717) is 0 Å². The van der Waals surface area contributed by atoms with Gasteiger partial charge in [-0.1, -0.05) is 20.8 Å². The summed E-state index contributed by atoms with van der Waals surface area (Å²) >= 11 is 0. The molecular formula is C10H18N2O. The summed E-state index contributed by atoms with van der Waals surface area (Å²) in [4.78, 5) is 4.21. The standard InChI is InChI=1S/C10H18N2O/c1-10(2,3)5-9-12-7-8(13-9)6-11-4/h7,11H,5-6H2,1-4H3. The van der Waals surface area contributed by atoms with Crippen molar-refractivity contribution >= 4 is 0 Å². The Bertz CT molecular complexity index is 260. The van der Waals surface area contributed by atoms with Gasteiger partial charge >= 0.3 is 0 Å². The van der Waals surface area contributed by atoms with Gasteiger partial charge in [-0.05, 0) is 12.5 Å². The van der Waals surface area contributed by atoms with Crippen LogP contribution in [-0.4, -0.2) is 12.0 Å². The average Bonchev–Trinajstić information content (AvgIpc) is 2.33. The molecule has 0 spiro atoms. The second-order valence-electron chi connectivity index (χ2n) is 4.49. The lowest BCUT2D eigenvalue weighted by molar-refractivity contribution is 0.343. The van der Waals surface area contributed by atoms with Crippen LogP contribution in [0.1, 0.15) is 32.4 Å². The third-order valence-corrected chi connectivity index (χ3v) is 1.63. The van der Waals surface area contributed by atoms with Crippen molar-refractivity contribution in [1.82, 2.24) is 10.3 Å². The average molecular weight is 182 g/mol. The molecule has 0 saturated carbocycles. The summed E-state index contributed by atoms with van der Waals surface area (Å²) in [5, 5.41) is 3.03. The highest BCUT2D eigenvalue weighted by Gasteiger charge is 2.15. The van der Waals surface area contributed by atoms with Crippen LogP contribution in [0.5, 0.6) is 0 Å². The molecule has 0 aliphatic carbocycles. The monoisotopic (exact) mass is 182 g/mol. The third kappa shape index (κ3) is 3.59. The van der Waals surface area contributed by atoms with E-state index < -0.39 is 0 Å². The van der Waals surface area contributed by atoms with Gasteiger partial charge in [-0.15, -0.1) is 0 Å². The normalized spacial score (nSPS) is 12.0. The van der Waals surface area contributed by atoms with Gasteiger partial charge in [-0.2, -0.15) is 0 Å². The van der Waals surface area contributed by atoms with Gasteiger partial charge in [0.05, 0.1) is 12.7 Å². The van der Waals surface area contributed by atoms with Crippen molar-refractivity contribution in [1.29, 1.82) is 0 Å². The van der Waals surface area contributed by atoms with Crippen LogP contribution in [0.25, 0.3) is 0 Å². The van der Waals surface area contributed by atoms with Crippen molar-refractivity contribution in [2.24, 2.45) is 5.41 Å². The molecule has 0 unspecified atom stereocenters. The van der Waals surface area contributed by atoms with E-state index in [1.807, 2.05) is 7.05 Å². The van der Waals surface area contributed by atoms with Crippen LogP contribution in [0.4, 0.5) is 0 Å². The largest absolute Gasteiger partial charge is 0.444 e. The Labute approximate surface area is 79.5 Å². The van der Waals surface area contributed by atoms with E-state index in [1.165, 1.54) is 0 Å². The molecule has 0 aromatic carbocycles. The highest BCUT2D eigenvalue weighted by Crippen LogP contribution is 2.20. The Balaban J connectivity index is 2.59. The predicted molar refractivity (Wildman–Crippen MR) is 52.4 cm³/mol. The first-order chi connectivity index (χ1) is 6.01. The molecule has 0 bridgehead atoms. The maximum absolute atomic E-state index is 5.53. The molecule has 0 amide bonds. The second kappa shape index (κ2) is 3.92. The summed E-state index contributed by atoms with van der Waals surface area (Å²) in [5.74, 6) is 1.74. The van der Waals surface area contributed by atoms with Crippen LogP contribution in [0.3, 0.4) is 0 Å². The van der Waals surface area contributed by atoms with Gasteiger partial charge in [0.25, 0.3) is 0 Å². The lowest BCUT2D eigenvalue weighted by Gasteiger charge is -2.14. The van der Waals surface area contributed by atoms with E-state index >= 15 is 0 Å². The molecule has 0 fully saturated rings. The van der Waals surface area contributed by atoms with E-state index in [4.69, 9.17) is 4.42 Å². The second-order valence-corrected chi connectivity index (χ2v) is 4.49. The van der Waals surface area contributed by atoms with Crippen LogP contribution in [0, 0.1) is 5.41 Å². The molecule has 1 aromatic rings. The number of nitrogens with one attached hydrogen (secondary N) is 1. The van der Waals surface area contributed by atoms with E-state index in [1.54, 1.807) is 6.20 Å². The van der Waals surface area contributed by atoms with Crippen molar-refractivity contribution in [2.45, 2.75) is 33.7 Å². The number of nitrogens with zero attached hydrogens (tertiary/aromatic N) is 1. The van der Waals surface area contributed by atoms with E-state index in [9.17, 15) is 0 Å². The fraction of sp³-hybridized carbons (Fsp3) is 0.700. The van der Waals surface area contributed by atoms with Gasteiger partial charge in [-0.3, -0.25) is 0 Å². The lowest BCUT2D eigenvalue weighted by Crippen LogP contribution is -2.09. The maximum atomic E-state index is 5.53. The lowest BCUT2D eigenvalue weighted by atomic mass is 9.92. The minimum Gasteiger partial charge on any atom is -0.444 e. The zero-order valence-corrected chi connectivity index (χ0v) is 8.85. The molecule has 1 heterocycles. The van der Waals surface area contributed by atoms with Gasteiger partial charge in [0.2, 0.25) is 0 Å². The molecule has 1 rings (SSSR count). The van der Waals surface area contributed by atoms with Gasteiger partial charge in [0, 0.05) is 6.42 Å². The Morgan fingerprint density at radius 1 is 1.46 bits per heavy atom. The van der Waals surface area contributed by atoms with Crippen molar-refractivity contribution in [2.75, 3.05) is 7.05 Å². The van der Waals surface area contributed by atoms with E-state index in [0.717, 1.165) is 24.6 Å². The van der Waals surface area contributed by atoms with Gasteiger partial charge in [0.15, 0.2) is 5.89 Å². The molecule has 13 heavy (non-hydrogen) atoms. The quantitative estimate of drug-likeness (QED) is 0.776. The SMILES string of the molecule is CNCc1cnc(CC(C)(C)C)o1. The molecule has 0 radical (unpaired) electrons. The summed E-state index contributed by atoms with van der Waals surface area (Å²) < 4.78 is 5.53. The van der Waals surface area contributed by atoms with Gasteiger partial charge < -0.3 is 9.73 Å². The molecule has 0 aliphatic rings. The topological polar surface area (TPSA) is 38.1 Å².